The molecule has 0 atom stereocenters. The van der Waals surface area contributed by atoms with Gasteiger partial charge >= 0.3 is 40.5 Å². The van der Waals surface area contributed by atoms with Gasteiger partial charge in [0.15, 0.2) is 0 Å². The van der Waals surface area contributed by atoms with E-state index in [4.69, 9.17) is 0 Å². The molecule has 3 rings (SSSR count). The van der Waals surface area contributed by atoms with Gasteiger partial charge in [0.1, 0.15) is 0 Å². The molecule has 5 heteroatoms. The van der Waals surface area contributed by atoms with Crippen LogP contribution in [0.2, 0.25) is 0 Å². The number of rotatable bonds is 2. The second-order valence-corrected chi connectivity index (χ2v) is 16.5. The normalized spacial score (nSPS) is 10.1. The van der Waals surface area contributed by atoms with E-state index in [1.807, 2.05) is 60.7 Å². The summed E-state index contributed by atoms with van der Waals surface area (Å²) in [5, 5.41) is 1.99. The first kappa shape index (κ1) is 26.7. The topological polar surface area (TPSA) is 20.2 Å². The average Bonchev–Trinajstić information content (AvgIpc) is 2.76. The second-order valence-electron chi connectivity index (χ2n) is 6.78. The maximum absolute atomic E-state index is 10.1. The molecular weight excluding hydrogens is 596 g/mol. The van der Waals surface area contributed by atoms with Gasteiger partial charge in [-0.1, -0.05) is 60.7 Å². The molecule has 0 bridgehead atoms. The Balaban J connectivity index is 0.000000259. The van der Waals surface area contributed by atoms with E-state index in [-0.39, 0.29) is 0 Å². The van der Waals surface area contributed by atoms with Crippen molar-refractivity contribution in [1.82, 2.24) is 0 Å². The van der Waals surface area contributed by atoms with Crippen molar-refractivity contribution in [2.45, 2.75) is 41.5 Å². The Bertz CT molecular complexity index is 742. The van der Waals surface area contributed by atoms with Crippen molar-refractivity contribution >= 4 is 46.0 Å². The van der Waals surface area contributed by atoms with Crippen LogP contribution in [-0.2, 0) is 13.2 Å². The molecule has 0 heterocycles. The first-order valence-electron chi connectivity index (χ1n) is 9.24. The summed E-state index contributed by atoms with van der Waals surface area (Å²) < 4.78 is 0. The molecule has 3 aromatic rings. The van der Waals surface area contributed by atoms with Crippen molar-refractivity contribution in [3.63, 3.8) is 0 Å². The zero-order chi connectivity index (χ0) is 22.0. The fraction of sp³-hybridized carbons (Fsp3) is 0.250. The molecule has 3 aromatic carbocycles. The van der Waals surface area contributed by atoms with E-state index in [0.29, 0.717) is 13.2 Å². The zero-order valence-corrected chi connectivity index (χ0v) is 23.6. The van der Waals surface area contributed by atoms with Crippen LogP contribution >= 0.6 is 35.4 Å². The van der Waals surface area contributed by atoms with Crippen molar-refractivity contribution in [2.75, 3.05) is 0 Å². The summed E-state index contributed by atoms with van der Waals surface area (Å²) in [5.74, 6) is 0. The molecule has 0 amide bonds. The molecule has 0 fully saturated rings. The number of hydrogen-bond acceptors (Lipinski definition) is 1. The van der Waals surface area contributed by atoms with Gasteiger partial charge < -0.3 is 4.89 Å². The Morgan fingerprint density at radius 1 is 0.552 bits per heavy atom. The van der Waals surface area contributed by atoms with Gasteiger partial charge in [-0.05, 0) is 74.9 Å². The molecule has 0 unspecified atom stereocenters. The molecule has 29 heavy (non-hydrogen) atoms. The van der Waals surface area contributed by atoms with E-state index in [2.05, 4.69) is 68.8 Å². The van der Waals surface area contributed by atoms with Gasteiger partial charge in [-0.25, -0.2) is 0 Å². The first-order valence-corrected chi connectivity index (χ1v) is 18.5. The minimum atomic E-state index is -1.17. The van der Waals surface area contributed by atoms with E-state index in [0.717, 1.165) is 10.6 Å². The monoisotopic (exact) mass is 624 g/mol. The van der Waals surface area contributed by atoms with Crippen molar-refractivity contribution in [2.24, 2.45) is 0 Å². The summed E-state index contributed by atoms with van der Waals surface area (Å²) in [6, 6.07) is 19.5. The Morgan fingerprint density at radius 3 is 0.966 bits per heavy atom. The van der Waals surface area contributed by atoms with Crippen LogP contribution in [0, 0.1) is 41.5 Å². The minimum absolute atomic E-state index is 0.335. The third-order valence-corrected chi connectivity index (χ3v) is 6.95. The van der Waals surface area contributed by atoms with E-state index in [9.17, 15) is 4.89 Å². The van der Waals surface area contributed by atoms with E-state index >= 15 is 0 Å². The molecule has 1 nitrogen and oxygen atoms in total. The summed E-state index contributed by atoms with van der Waals surface area (Å²) in [6.45, 7) is 13.3. The summed E-state index contributed by atoms with van der Waals surface area (Å²) in [5.41, 5.74) is 8.73. The average molecular weight is 625 g/mol. The van der Waals surface area contributed by atoms with Crippen molar-refractivity contribution in [1.29, 1.82) is 0 Å². The van der Waals surface area contributed by atoms with E-state index < -0.39 is 8.15 Å². The summed E-state index contributed by atoms with van der Waals surface area (Å²) in [7, 11) is -1.17. The van der Waals surface area contributed by atoms with Crippen LogP contribution in [-0.4, -0.2) is 4.89 Å². The SMILES string of the molecule is Cc1c(C)c(C)c(C)c(C)c1C.OP(c1ccccc1)c1ccccc1.[Br][Ru][Br]. The molecule has 0 radical (unpaired) electrons. The van der Waals surface area contributed by atoms with Crippen LogP contribution in [0.1, 0.15) is 33.4 Å². The maximum atomic E-state index is 10.1. The second kappa shape index (κ2) is 13.8. The number of benzene rings is 3. The Kier molecular flexibility index (Phi) is 12.7. The molecule has 0 aliphatic carbocycles. The molecule has 0 aliphatic heterocycles. The number of hydrogen-bond donors (Lipinski definition) is 1. The van der Waals surface area contributed by atoms with Gasteiger partial charge in [-0.2, -0.15) is 0 Å². The Morgan fingerprint density at radius 2 is 0.759 bits per heavy atom. The van der Waals surface area contributed by atoms with Crippen molar-refractivity contribution in [3.05, 3.63) is 94.0 Å². The van der Waals surface area contributed by atoms with Gasteiger partial charge in [0.2, 0.25) is 0 Å². The molecule has 0 saturated heterocycles. The predicted octanol–water partition coefficient (Wildman–Crippen LogP) is 7.25. The third-order valence-electron chi connectivity index (χ3n) is 5.38. The van der Waals surface area contributed by atoms with E-state index in [1.54, 1.807) is 0 Å². The van der Waals surface area contributed by atoms with Crippen LogP contribution < -0.4 is 10.6 Å². The predicted molar refractivity (Wildman–Crippen MR) is 134 cm³/mol. The molecular formula is C24H29Br2OPRu. The standard InChI is InChI=1S/C12H11OP.C12H18.2BrH.Ru/c13-14(11-7-3-1-4-8-11)12-9-5-2-6-10-12;1-7-8(2)10(4)12(6)11(5)9(7)3;;;/h1-10,13H;1-6H3;2*1H;/q;;;;+2/p-2. The summed E-state index contributed by atoms with van der Waals surface area (Å²) in [4.78, 5) is 10.1. The van der Waals surface area contributed by atoms with Gasteiger partial charge in [-0.3, -0.25) is 0 Å². The Labute approximate surface area is 198 Å². The summed E-state index contributed by atoms with van der Waals surface area (Å²) in [6.07, 6.45) is 0. The summed E-state index contributed by atoms with van der Waals surface area (Å²) >= 11 is 6.64. The van der Waals surface area contributed by atoms with Crippen molar-refractivity contribution < 1.29 is 18.1 Å². The van der Waals surface area contributed by atoms with Crippen LogP contribution in [0.3, 0.4) is 0 Å². The Hall–Kier alpha value is -0.367. The van der Waals surface area contributed by atoms with Crippen LogP contribution in [0.15, 0.2) is 60.7 Å². The molecule has 158 valence electrons. The molecule has 1 N–H and O–H groups in total. The van der Waals surface area contributed by atoms with Crippen LogP contribution in [0.4, 0.5) is 0 Å². The van der Waals surface area contributed by atoms with Gasteiger partial charge in [-0.15, -0.1) is 0 Å². The first-order chi connectivity index (χ1) is 13.8. The van der Waals surface area contributed by atoms with Gasteiger partial charge in [0, 0.05) is 10.6 Å². The third kappa shape index (κ3) is 8.00. The fourth-order valence-corrected chi connectivity index (χ4v) is 4.18. The van der Waals surface area contributed by atoms with E-state index in [1.165, 1.54) is 33.4 Å². The number of halogens is 2. The zero-order valence-electron chi connectivity index (χ0n) is 17.8. The van der Waals surface area contributed by atoms with Crippen LogP contribution in [0.5, 0.6) is 0 Å². The molecule has 0 aliphatic rings. The molecule has 0 aromatic heterocycles. The molecule has 0 spiro atoms. The van der Waals surface area contributed by atoms with Gasteiger partial charge in [0.25, 0.3) is 0 Å². The quantitative estimate of drug-likeness (QED) is 0.235. The van der Waals surface area contributed by atoms with Gasteiger partial charge in [0.05, 0.1) is 8.15 Å². The molecule has 0 saturated carbocycles. The van der Waals surface area contributed by atoms with Crippen molar-refractivity contribution in [3.8, 4) is 0 Å². The fourth-order valence-electron chi connectivity index (χ4n) is 2.97. The van der Waals surface area contributed by atoms with Crippen LogP contribution in [0.25, 0.3) is 0 Å².